The summed E-state index contributed by atoms with van der Waals surface area (Å²) in [6, 6.07) is 10.1. The Labute approximate surface area is 117 Å². The fourth-order valence-electron chi connectivity index (χ4n) is 2.08. The number of fused-ring (bicyclic) bond motifs is 1. The van der Waals surface area contributed by atoms with Crippen molar-refractivity contribution in [2.45, 2.75) is 6.92 Å². The van der Waals surface area contributed by atoms with E-state index in [1.807, 2.05) is 47.9 Å². The second-order valence-electron chi connectivity index (χ2n) is 4.26. The summed E-state index contributed by atoms with van der Waals surface area (Å²) in [7, 11) is 0. The van der Waals surface area contributed by atoms with Crippen molar-refractivity contribution in [3.63, 3.8) is 0 Å². The van der Waals surface area contributed by atoms with Gasteiger partial charge in [0.1, 0.15) is 18.2 Å². The second-order valence-corrected chi connectivity index (χ2v) is 4.26. The van der Waals surface area contributed by atoms with Crippen molar-refractivity contribution in [1.82, 2.24) is 14.4 Å². The normalized spacial score (nSPS) is 11.2. The zero-order chi connectivity index (χ0) is 13.8. The minimum Gasteiger partial charge on any atom is -0.350 e. The topological polar surface area (TPSA) is 54.6 Å². The molecule has 5 heteroatoms. The van der Waals surface area contributed by atoms with Crippen LogP contribution in [0.25, 0.3) is 16.9 Å². The first-order valence-electron chi connectivity index (χ1n) is 6.46. The Morgan fingerprint density at radius 3 is 2.95 bits per heavy atom. The van der Waals surface area contributed by atoms with Crippen molar-refractivity contribution in [3.05, 3.63) is 48.9 Å². The average Bonchev–Trinajstić information content (AvgIpc) is 2.87. The van der Waals surface area contributed by atoms with Crippen LogP contribution in [0.2, 0.25) is 0 Å². The predicted molar refractivity (Wildman–Crippen MR) is 81.1 cm³/mol. The molecular weight excluding hydrogens is 250 g/mol. The zero-order valence-electron chi connectivity index (χ0n) is 11.2. The van der Waals surface area contributed by atoms with Crippen LogP contribution >= 0.6 is 0 Å². The smallest absolute Gasteiger partial charge is 0.157 e. The average molecular weight is 265 g/mol. The number of nitrogens with zero attached hydrogens (tertiary/aromatic N) is 4. The molecule has 0 atom stereocenters. The highest BCUT2D eigenvalue weighted by atomic mass is 15.2. The SMILES string of the molecule is C/C=N\CNc1c(-c2ccccc2)nc2cnccn12. The zero-order valence-corrected chi connectivity index (χ0v) is 11.2. The lowest BCUT2D eigenvalue weighted by Gasteiger charge is -2.06. The summed E-state index contributed by atoms with van der Waals surface area (Å²) < 4.78 is 1.99. The van der Waals surface area contributed by atoms with E-state index >= 15 is 0 Å². The van der Waals surface area contributed by atoms with Gasteiger partial charge < -0.3 is 5.32 Å². The molecule has 0 amide bonds. The quantitative estimate of drug-likeness (QED) is 0.738. The highest BCUT2D eigenvalue weighted by Gasteiger charge is 2.12. The van der Waals surface area contributed by atoms with Gasteiger partial charge in [-0.05, 0) is 13.1 Å². The van der Waals surface area contributed by atoms with Gasteiger partial charge in [0.15, 0.2) is 5.65 Å². The van der Waals surface area contributed by atoms with Crippen molar-refractivity contribution >= 4 is 17.7 Å². The van der Waals surface area contributed by atoms with E-state index < -0.39 is 0 Å². The number of benzene rings is 1. The van der Waals surface area contributed by atoms with E-state index in [1.165, 1.54) is 0 Å². The molecule has 3 aromatic rings. The summed E-state index contributed by atoms with van der Waals surface area (Å²) in [6.07, 6.45) is 7.17. The Bertz CT molecular complexity index is 730. The first-order chi connectivity index (χ1) is 9.90. The molecule has 100 valence electrons. The minimum absolute atomic E-state index is 0.520. The van der Waals surface area contributed by atoms with E-state index in [2.05, 4.69) is 20.3 Å². The molecule has 0 aliphatic heterocycles. The highest BCUT2D eigenvalue weighted by molar-refractivity contribution is 5.76. The van der Waals surface area contributed by atoms with Gasteiger partial charge in [0.05, 0.1) is 6.20 Å². The maximum Gasteiger partial charge on any atom is 0.157 e. The molecule has 0 unspecified atom stereocenters. The lowest BCUT2D eigenvalue weighted by Crippen LogP contribution is -2.03. The Balaban J connectivity index is 2.12. The summed E-state index contributed by atoms with van der Waals surface area (Å²) in [5.41, 5.74) is 2.79. The van der Waals surface area contributed by atoms with Crippen LogP contribution < -0.4 is 5.32 Å². The van der Waals surface area contributed by atoms with E-state index in [-0.39, 0.29) is 0 Å². The first kappa shape index (κ1) is 12.3. The van der Waals surface area contributed by atoms with Gasteiger partial charge in [-0.2, -0.15) is 0 Å². The molecule has 2 heterocycles. The highest BCUT2D eigenvalue weighted by Crippen LogP contribution is 2.27. The molecule has 5 nitrogen and oxygen atoms in total. The third-order valence-electron chi connectivity index (χ3n) is 3.00. The van der Waals surface area contributed by atoms with Gasteiger partial charge in [-0.25, -0.2) is 4.98 Å². The van der Waals surface area contributed by atoms with Gasteiger partial charge in [-0.3, -0.25) is 14.4 Å². The second kappa shape index (κ2) is 5.52. The molecule has 0 spiro atoms. The summed E-state index contributed by atoms with van der Waals surface area (Å²) in [4.78, 5) is 13.0. The lowest BCUT2D eigenvalue weighted by atomic mass is 10.1. The van der Waals surface area contributed by atoms with Gasteiger partial charge in [-0.1, -0.05) is 30.3 Å². The van der Waals surface area contributed by atoms with Crippen LogP contribution in [0.3, 0.4) is 0 Å². The molecule has 1 aromatic carbocycles. The van der Waals surface area contributed by atoms with Gasteiger partial charge in [0.2, 0.25) is 0 Å². The lowest BCUT2D eigenvalue weighted by molar-refractivity contribution is 1.07. The molecule has 1 N–H and O–H groups in total. The fraction of sp³-hybridized carbons (Fsp3) is 0.133. The van der Waals surface area contributed by atoms with Crippen LogP contribution in [0.1, 0.15) is 6.92 Å². The Morgan fingerprint density at radius 1 is 1.30 bits per heavy atom. The number of rotatable bonds is 4. The van der Waals surface area contributed by atoms with Crippen LogP contribution in [-0.4, -0.2) is 27.3 Å². The fourth-order valence-corrected chi connectivity index (χ4v) is 2.08. The minimum atomic E-state index is 0.520. The van der Waals surface area contributed by atoms with Crippen molar-refractivity contribution in [2.75, 3.05) is 12.0 Å². The standard InChI is InChI=1S/C15H15N5/c1-2-16-11-18-15-14(12-6-4-3-5-7-12)19-13-10-17-8-9-20(13)15/h2-10,18H,11H2,1H3/b16-2-. The Kier molecular flexibility index (Phi) is 3.41. The van der Waals surface area contributed by atoms with Crippen molar-refractivity contribution in [2.24, 2.45) is 4.99 Å². The molecule has 0 fully saturated rings. The molecule has 0 aliphatic carbocycles. The Morgan fingerprint density at radius 2 is 2.15 bits per heavy atom. The summed E-state index contributed by atoms with van der Waals surface area (Å²) in [6.45, 7) is 2.42. The summed E-state index contributed by atoms with van der Waals surface area (Å²) in [5, 5.41) is 3.31. The third kappa shape index (κ3) is 2.25. The largest absolute Gasteiger partial charge is 0.350 e. The predicted octanol–water partition coefficient (Wildman–Crippen LogP) is 2.86. The van der Waals surface area contributed by atoms with E-state index in [1.54, 1.807) is 18.6 Å². The number of nitrogens with one attached hydrogen (secondary N) is 1. The number of imidazole rings is 1. The monoisotopic (exact) mass is 265 g/mol. The van der Waals surface area contributed by atoms with Gasteiger partial charge in [0, 0.05) is 18.0 Å². The number of aromatic nitrogens is 3. The van der Waals surface area contributed by atoms with Crippen LogP contribution in [0, 0.1) is 0 Å². The maximum absolute atomic E-state index is 4.65. The molecular formula is C15H15N5. The van der Waals surface area contributed by atoms with Gasteiger partial charge >= 0.3 is 0 Å². The van der Waals surface area contributed by atoms with Crippen LogP contribution in [-0.2, 0) is 0 Å². The number of aliphatic imine (C=N–C) groups is 1. The Hall–Kier alpha value is -2.69. The number of hydrogen-bond donors (Lipinski definition) is 1. The van der Waals surface area contributed by atoms with Crippen molar-refractivity contribution in [3.8, 4) is 11.3 Å². The summed E-state index contributed by atoms with van der Waals surface area (Å²) >= 11 is 0. The number of hydrogen-bond acceptors (Lipinski definition) is 4. The molecule has 2 aromatic heterocycles. The first-order valence-corrected chi connectivity index (χ1v) is 6.46. The molecule has 0 aliphatic rings. The van der Waals surface area contributed by atoms with E-state index in [4.69, 9.17) is 0 Å². The van der Waals surface area contributed by atoms with E-state index in [9.17, 15) is 0 Å². The molecule has 0 saturated carbocycles. The van der Waals surface area contributed by atoms with Crippen LogP contribution in [0.4, 0.5) is 5.82 Å². The van der Waals surface area contributed by atoms with Crippen LogP contribution in [0.15, 0.2) is 53.9 Å². The summed E-state index contributed by atoms with van der Waals surface area (Å²) in [5.74, 6) is 0.930. The number of anilines is 1. The van der Waals surface area contributed by atoms with Crippen LogP contribution in [0.5, 0.6) is 0 Å². The maximum atomic E-state index is 4.65. The van der Waals surface area contributed by atoms with E-state index in [0.29, 0.717) is 6.67 Å². The molecule has 0 radical (unpaired) electrons. The van der Waals surface area contributed by atoms with E-state index in [0.717, 1.165) is 22.7 Å². The molecule has 0 bridgehead atoms. The van der Waals surface area contributed by atoms with Gasteiger partial charge in [0.25, 0.3) is 0 Å². The van der Waals surface area contributed by atoms with Gasteiger partial charge in [-0.15, -0.1) is 0 Å². The van der Waals surface area contributed by atoms with Crippen molar-refractivity contribution < 1.29 is 0 Å². The molecule has 0 saturated heterocycles. The molecule has 20 heavy (non-hydrogen) atoms. The van der Waals surface area contributed by atoms with Crippen molar-refractivity contribution in [1.29, 1.82) is 0 Å². The third-order valence-corrected chi connectivity index (χ3v) is 3.00. The molecule has 3 rings (SSSR count).